The molecule has 0 aliphatic carbocycles. The maximum absolute atomic E-state index is 12.0. The molecule has 0 heterocycles. The van der Waals surface area contributed by atoms with E-state index < -0.39 is 0 Å². The second kappa shape index (κ2) is 9.37. The van der Waals surface area contributed by atoms with Crippen LogP contribution in [0.5, 0.6) is 0 Å². The Labute approximate surface area is 127 Å². The Balaban J connectivity index is 2.59. The van der Waals surface area contributed by atoms with Crippen LogP contribution >= 0.6 is 0 Å². The van der Waals surface area contributed by atoms with Gasteiger partial charge in [0.05, 0.1) is 6.61 Å². The minimum absolute atomic E-state index is 0.0198. The van der Waals surface area contributed by atoms with Crippen molar-refractivity contribution in [1.29, 1.82) is 0 Å². The normalized spacial score (nSPS) is 12.0. The summed E-state index contributed by atoms with van der Waals surface area (Å²) in [4.78, 5) is 14.1. The van der Waals surface area contributed by atoms with Gasteiger partial charge in [-0.3, -0.25) is 4.79 Å². The quantitative estimate of drug-likeness (QED) is 0.648. The number of nitrogens with one attached hydrogen (secondary N) is 2. The number of rotatable bonds is 9. The van der Waals surface area contributed by atoms with Crippen molar-refractivity contribution in [2.45, 2.75) is 20.8 Å². The SMILES string of the molecule is CCNCC(C)C(=O)Nc1ccc(N(CC)CCO)cc1. The fraction of sp³-hybridized carbons (Fsp3) is 0.562. The number of nitrogens with zero attached hydrogens (tertiary/aromatic N) is 1. The number of aliphatic hydroxyl groups is 1. The van der Waals surface area contributed by atoms with Crippen molar-refractivity contribution in [3.05, 3.63) is 24.3 Å². The molecular formula is C16H27N3O2. The standard InChI is InChI=1S/C16H27N3O2/c1-4-17-12-13(3)16(21)18-14-6-8-15(9-7-14)19(5-2)10-11-20/h6-9,13,17,20H,4-5,10-12H2,1-3H3,(H,18,21). The highest BCUT2D eigenvalue weighted by molar-refractivity contribution is 5.92. The van der Waals surface area contributed by atoms with Gasteiger partial charge in [0.25, 0.3) is 0 Å². The van der Waals surface area contributed by atoms with Crippen LogP contribution in [-0.4, -0.2) is 43.8 Å². The summed E-state index contributed by atoms with van der Waals surface area (Å²) in [5.41, 5.74) is 1.84. The third kappa shape index (κ3) is 5.73. The molecule has 0 aliphatic heterocycles. The zero-order valence-electron chi connectivity index (χ0n) is 13.2. The Hall–Kier alpha value is -1.59. The molecule has 0 radical (unpaired) electrons. The Morgan fingerprint density at radius 1 is 1.29 bits per heavy atom. The molecule has 0 fully saturated rings. The van der Waals surface area contributed by atoms with E-state index in [1.807, 2.05) is 45.0 Å². The van der Waals surface area contributed by atoms with Crippen molar-refractivity contribution >= 4 is 17.3 Å². The Morgan fingerprint density at radius 3 is 2.48 bits per heavy atom. The first-order valence-electron chi connectivity index (χ1n) is 7.59. The zero-order chi connectivity index (χ0) is 15.7. The molecule has 1 aromatic carbocycles. The molecule has 1 amide bonds. The molecule has 0 spiro atoms. The predicted octanol–water partition coefficient (Wildman–Crippen LogP) is 1.69. The average molecular weight is 293 g/mol. The summed E-state index contributed by atoms with van der Waals surface area (Å²) in [6.07, 6.45) is 0. The fourth-order valence-corrected chi connectivity index (χ4v) is 2.07. The molecule has 3 N–H and O–H groups in total. The smallest absolute Gasteiger partial charge is 0.228 e. The molecule has 0 aromatic heterocycles. The summed E-state index contributed by atoms with van der Waals surface area (Å²) in [6, 6.07) is 7.72. The molecule has 0 saturated heterocycles. The molecule has 0 bridgehead atoms. The highest BCUT2D eigenvalue weighted by atomic mass is 16.3. The van der Waals surface area contributed by atoms with E-state index in [2.05, 4.69) is 15.5 Å². The Morgan fingerprint density at radius 2 is 1.95 bits per heavy atom. The fourth-order valence-electron chi connectivity index (χ4n) is 2.07. The first-order chi connectivity index (χ1) is 10.1. The lowest BCUT2D eigenvalue weighted by Gasteiger charge is -2.22. The van der Waals surface area contributed by atoms with Gasteiger partial charge in [0.15, 0.2) is 0 Å². The third-order valence-corrected chi connectivity index (χ3v) is 3.40. The van der Waals surface area contributed by atoms with Gasteiger partial charge >= 0.3 is 0 Å². The van der Waals surface area contributed by atoms with Gasteiger partial charge in [-0.1, -0.05) is 13.8 Å². The maximum atomic E-state index is 12.0. The summed E-state index contributed by atoms with van der Waals surface area (Å²) in [7, 11) is 0. The number of hydrogen-bond donors (Lipinski definition) is 3. The largest absolute Gasteiger partial charge is 0.395 e. The van der Waals surface area contributed by atoms with Gasteiger partial charge in [-0.25, -0.2) is 0 Å². The summed E-state index contributed by atoms with van der Waals surface area (Å²) in [5.74, 6) is -0.0439. The van der Waals surface area contributed by atoms with Gasteiger partial charge in [-0.2, -0.15) is 0 Å². The Bertz CT molecular complexity index is 420. The highest BCUT2D eigenvalue weighted by Gasteiger charge is 2.12. The van der Waals surface area contributed by atoms with E-state index in [-0.39, 0.29) is 18.4 Å². The summed E-state index contributed by atoms with van der Waals surface area (Å²) in [6.45, 7) is 9.11. The zero-order valence-corrected chi connectivity index (χ0v) is 13.2. The number of carbonyl (C=O) groups is 1. The molecule has 5 nitrogen and oxygen atoms in total. The number of aliphatic hydroxyl groups excluding tert-OH is 1. The lowest BCUT2D eigenvalue weighted by Crippen LogP contribution is -2.30. The van der Waals surface area contributed by atoms with Crippen molar-refractivity contribution < 1.29 is 9.90 Å². The minimum atomic E-state index is -0.0637. The van der Waals surface area contributed by atoms with Crippen molar-refractivity contribution in [3.63, 3.8) is 0 Å². The predicted molar refractivity (Wildman–Crippen MR) is 87.8 cm³/mol. The number of anilines is 2. The number of benzene rings is 1. The number of amides is 1. The first kappa shape index (κ1) is 17.5. The maximum Gasteiger partial charge on any atom is 0.228 e. The second-order valence-electron chi connectivity index (χ2n) is 5.05. The molecule has 1 aromatic rings. The number of hydrogen-bond acceptors (Lipinski definition) is 4. The van der Waals surface area contributed by atoms with Gasteiger partial charge < -0.3 is 20.6 Å². The van der Waals surface area contributed by atoms with E-state index in [1.165, 1.54) is 0 Å². The molecule has 0 saturated carbocycles. The molecule has 118 valence electrons. The Kier molecular flexibility index (Phi) is 7.79. The summed E-state index contributed by atoms with van der Waals surface area (Å²) >= 11 is 0. The topological polar surface area (TPSA) is 64.6 Å². The van der Waals surface area contributed by atoms with Crippen LogP contribution in [0.15, 0.2) is 24.3 Å². The molecule has 1 rings (SSSR count). The van der Waals surface area contributed by atoms with Crippen molar-refractivity contribution in [3.8, 4) is 0 Å². The van der Waals surface area contributed by atoms with E-state index in [0.29, 0.717) is 13.1 Å². The minimum Gasteiger partial charge on any atom is -0.395 e. The third-order valence-electron chi connectivity index (χ3n) is 3.40. The lowest BCUT2D eigenvalue weighted by atomic mass is 10.1. The second-order valence-corrected chi connectivity index (χ2v) is 5.05. The molecule has 1 atom stereocenters. The van der Waals surface area contributed by atoms with E-state index >= 15 is 0 Å². The van der Waals surface area contributed by atoms with Crippen molar-refractivity contribution in [2.24, 2.45) is 5.92 Å². The summed E-state index contributed by atoms with van der Waals surface area (Å²) in [5, 5.41) is 15.1. The van der Waals surface area contributed by atoms with E-state index in [0.717, 1.165) is 24.5 Å². The molecule has 21 heavy (non-hydrogen) atoms. The lowest BCUT2D eigenvalue weighted by molar-refractivity contribution is -0.119. The van der Waals surface area contributed by atoms with Crippen LogP contribution in [-0.2, 0) is 4.79 Å². The molecule has 5 heteroatoms. The van der Waals surface area contributed by atoms with E-state index in [9.17, 15) is 4.79 Å². The summed E-state index contributed by atoms with van der Waals surface area (Å²) < 4.78 is 0. The van der Waals surface area contributed by atoms with Gasteiger partial charge in [-0.05, 0) is 37.7 Å². The number of carbonyl (C=O) groups excluding carboxylic acids is 1. The molecule has 1 unspecified atom stereocenters. The average Bonchev–Trinajstić information content (AvgIpc) is 2.51. The van der Waals surface area contributed by atoms with Gasteiger partial charge in [0.1, 0.15) is 0 Å². The van der Waals surface area contributed by atoms with E-state index in [1.54, 1.807) is 0 Å². The van der Waals surface area contributed by atoms with Crippen LogP contribution in [0, 0.1) is 5.92 Å². The van der Waals surface area contributed by atoms with Crippen LogP contribution in [0.4, 0.5) is 11.4 Å². The highest BCUT2D eigenvalue weighted by Crippen LogP contribution is 2.18. The van der Waals surface area contributed by atoms with Crippen molar-refractivity contribution in [2.75, 3.05) is 43.0 Å². The van der Waals surface area contributed by atoms with Crippen LogP contribution in [0.2, 0.25) is 0 Å². The van der Waals surface area contributed by atoms with Gasteiger partial charge in [0.2, 0.25) is 5.91 Å². The van der Waals surface area contributed by atoms with Crippen LogP contribution in [0.3, 0.4) is 0 Å². The monoisotopic (exact) mass is 293 g/mol. The van der Waals surface area contributed by atoms with Crippen LogP contribution in [0.25, 0.3) is 0 Å². The van der Waals surface area contributed by atoms with Gasteiger partial charge in [-0.15, -0.1) is 0 Å². The molecule has 0 aliphatic rings. The molecular weight excluding hydrogens is 266 g/mol. The first-order valence-corrected chi connectivity index (χ1v) is 7.59. The van der Waals surface area contributed by atoms with Gasteiger partial charge in [0, 0.05) is 36.9 Å². The van der Waals surface area contributed by atoms with Crippen LogP contribution in [0.1, 0.15) is 20.8 Å². The van der Waals surface area contributed by atoms with Crippen LogP contribution < -0.4 is 15.5 Å². The number of likely N-dealkylation sites (N-methyl/N-ethyl adjacent to an activating group) is 1. The van der Waals surface area contributed by atoms with Crippen molar-refractivity contribution in [1.82, 2.24) is 5.32 Å². The van der Waals surface area contributed by atoms with E-state index in [4.69, 9.17) is 5.11 Å².